The zero-order valence-corrected chi connectivity index (χ0v) is 12.5. The molecule has 0 spiro atoms. The molecule has 1 rings (SSSR count). The van der Waals surface area contributed by atoms with Gasteiger partial charge in [0.1, 0.15) is 0 Å². The summed E-state index contributed by atoms with van der Waals surface area (Å²) in [7, 11) is 0. The molecule has 0 aromatic carbocycles. The minimum absolute atomic E-state index is 0.864. The van der Waals surface area contributed by atoms with E-state index >= 15 is 0 Å². The van der Waals surface area contributed by atoms with Gasteiger partial charge in [-0.1, -0.05) is 58.8 Å². The first kappa shape index (κ1) is 14.7. The van der Waals surface area contributed by atoms with E-state index in [9.17, 15) is 0 Å². The van der Waals surface area contributed by atoms with Gasteiger partial charge < -0.3 is 0 Å². The van der Waals surface area contributed by atoms with Crippen LogP contribution in [0.15, 0.2) is 5.38 Å². The van der Waals surface area contributed by atoms with Crippen LogP contribution in [0.3, 0.4) is 0 Å². The van der Waals surface area contributed by atoms with Gasteiger partial charge in [-0.25, -0.2) is 4.98 Å². The second-order valence-electron chi connectivity index (χ2n) is 5.07. The fourth-order valence-electron chi connectivity index (χ4n) is 2.32. The van der Waals surface area contributed by atoms with Crippen LogP contribution < -0.4 is 0 Å². The van der Waals surface area contributed by atoms with Crippen molar-refractivity contribution in [1.29, 1.82) is 0 Å². The van der Waals surface area contributed by atoms with Crippen LogP contribution in [0.4, 0.5) is 0 Å². The summed E-state index contributed by atoms with van der Waals surface area (Å²) < 4.78 is 0. The first-order valence-electron chi connectivity index (χ1n) is 7.17. The smallest absolute Gasteiger partial charge is 0.0897 e. The number of nitrogens with zero attached hydrogens (tertiary/aromatic N) is 1. The Balaban J connectivity index is 2.38. The van der Waals surface area contributed by atoms with E-state index in [0.717, 1.165) is 5.92 Å². The first-order valence-corrected chi connectivity index (χ1v) is 8.05. The molecule has 0 aliphatic rings. The molecule has 0 N–H and O–H groups in total. The maximum absolute atomic E-state index is 4.61. The van der Waals surface area contributed by atoms with Crippen molar-refractivity contribution in [3.63, 3.8) is 0 Å². The lowest BCUT2D eigenvalue weighted by Crippen LogP contribution is -2.05. The molecule has 0 radical (unpaired) electrons. The third-order valence-electron chi connectivity index (χ3n) is 3.35. The molecule has 0 saturated carbocycles. The number of hydrogen-bond donors (Lipinski definition) is 0. The lowest BCUT2D eigenvalue weighted by molar-refractivity contribution is 0.410. The standard InChI is InChI=1S/C15H27NS/c1-4-6-8-10-14(9-7-5-2)11-15-12-17-13(3)16-15/h12,14H,4-11H2,1-3H3. The van der Waals surface area contributed by atoms with Gasteiger partial charge in [0.05, 0.1) is 10.7 Å². The average Bonchev–Trinajstić information content (AvgIpc) is 2.72. The summed E-state index contributed by atoms with van der Waals surface area (Å²) in [6.45, 7) is 6.67. The Morgan fingerprint density at radius 3 is 2.41 bits per heavy atom. The van der Waals surface area contributed by atoms with Crippen molar-refractivity contribution in [2.24, 2.45) is 5.92 Å². The molecule has 1 aromatic rings. The second kappa shape index (κ2) is 8.68. The predicted octanol–water partition coefficient (Wildman–Crippen LogP) is 5.38. The molecule has 2 heteroatoms. The fraction of sp³-hybridized carbons (Fsp3) is 0.800. The minimum Gasteiger partial charge on any atom is -0.247 e. The number of aryl methyl sites for hydroxylation is 1. The Morgan fingerprint density at radius 2 is 1.82 bits per heavy atom. The van der Waals surface area contributed by atoms with E-state index in [0.29, 0.717) is 0 Å². The molecule has 0 bridgehead atoms. The van der Waals surface area contributed by atoms with Crippen molar-refractivity contribution in [3.05, 3.63) is 16.1 Å². The lowest BCUT2D eigenvalue weighted by Gasteiger charge is -2.15. The Bertz CT molecular complexity index is 293. The highest BCUT2D eigenvalue weighted by molar-refractivity contribution is 7.09. The summed E-state index contributed by atoms with van der Waals surface area (Å²) in [4.78, 5) is 4.61. The summed E-state index contributed by atoms with van der Waals surface area (Å²) in [5, 5.41) is 3.46. The van der Waals surface area contributed by atoms with Crippen LogP contribution >= 0.6 is 11.3 Å². The van der Waals surface area contributed by atoms with Crippen molar-refractivity contribution in [2.75, 3.05) is 0 Å². The maximum Gasteiger partial charge on any atom is 0.0897 e. The molecular weight excluding hydrogens is 226 g/mol. The van der Waals surface area contributed by atoms with Crippen molar-refractivity contribution in [3.8, 4) is 0 Å². The number of hydrogen-bond acceptors (Lipinski definition) is 2. The molecule has 0 saturated heterocycles. The Labute approximate surface area is 111 Å². The Hall–Kier alpha value is -0.370. The van der Waals surface area contributed by atoms with Crippen molar-refractivity contribution in [1.82, 2.24) is 4.98 Å². The molecule has 0 amide bonds. The molecule has 0 fully saturated rings. The molecule has 1 nitrogen and oxygen atoms in total. The molecule has 1 atom stereocenters. The third kappa shape index (κ3) is 6.21. The van der Waals surface area contributed by atoms with Gasteiger partial charge in [0, 0.05) is 5.38 Å². The quantitative estimate of drug-likeness (QED) is 0.538. The normalized spacial score (nSPS) is 12.9. The number of thiazole rings is 1. The Morgan fingerprint density at radius 1 is 1.12 bits per heavy atom. The Kier molecular flexibility index (Phi) is 7.50. The van der Waals surface area contributed by atoms with Gasteiger partial charge in [0.2, 0.25) is 0 Å². The summed E-state index contributed by atoms with van der Waals surface area (Å²) in [6.07, 6.45) is 10.8. The highest BCUT2D eigenvalue weighted by Crippen LogP contribution is 2.22. The van der Waals surface area contributed by atoms with E-state index in [1.807, 2.05) is 0 Å². The van der Waals surface area contributed by atoms with Crippen molar-refractivity contribution >= 4 is 11.3 Å². The largest absolute Gasteiger partial charge is 0.247 e. The topological polar surface area (TPSA) is 12.9 Å². The summed E-state index contributed by atoms with van der Waals surface area (Å²) in [6, 6.07) is 0. The first-order chi connectivity index (χ1) is 8.26. The van der Waals surface area contributed by atoms with Gasteiger partial charge >= 0.3 is 0 Å². The summed E-state index contributed by atoms with van der Waals surface area (Å²) >= 11 is 1.79. The predicted molar refractivity (Wildman–Crippen MR) is 77.7 cm³/mol. The van der Waals surface area contributed by atoms with Gasteiger partial charge in [-0.15, -0.1) is 11.3 Å². The SMILES string of the molecule is CCCCCC(CCCC)Cc1csc(C)n1. The zero-order valence-electron chi connectivity index (χ0n) is 11.7. The van der Waals surface area contributed by atoms with E-state index < -0.39 is 0 Å². The van der Waals surface area contributed by atoms with Crippen molar-refractivity contribution < 1.29 is 0 Å². The van der Waals surface area contributed by atoms with Crippen LogP contribution in [-0.4, -0.2) is 4.98 Å². The number of rotatable bonds is 9. The van der Waals surface area contributed by atoms with Gasteiger partial charge in [-0.3, -0.25) is 0 Å². The molecule has 0 aliphatic heterocycles. The van der Waals surface area contributed by atoms with Crippen molar-refractivity contribution in [2.45, 2.75) is 72.1 Å². The minimum atomic E-state index is 0.864. The van der Waals surface area contributed by atoms with Crippen LogP contribution in [0.2, 0.25) is 0 Å². The molecule has 17 heavy (non-hydrogen) atoms. The highest BCUT2D eigenvalue weighted by Gasteiger charge is 2.11. The van der Waals surface area contributed by atoms with E-state index in [1.165, 1.54) is 62.1 Å². The number of unbranched alkanes of at least 4 members (excludes halogenated alkanes) is 3. The highest BCUT2D eigenvalue weighted by atomic mass is 32.1. The fourth-order valence-corrected chi connectivity index (χ4v) is 2.95. The molecule has 1 unspecified atom stereocenters. The molecule has 1 heterocycles. The zero-order chi connectivity index (χ0) is 12.5. The van der Waals surface area contributed by atoms with E-state index in [2.05, 4.69) is 31.1 Å². The van der Waals surface area contributed by atoms with E-state index in [1.54, 1.807) is 11.3 Å². The second-order valence-corrected chi connectivity index (χ2v) is 6.13. The average molecular weight is 253 g/mol. The van der Waals surface area contributed by atoms with Crippen LogP contribution in [0.25, 0.3) is 0 Å². The molecule has 1 aromatic heterocycles. The van der Waals surface area contributed by atoms with Gasteiger partial charge in [0.15, 0.2) is 0 Å². The van der Waals surface area contributed by atoms with Crippen LogP contribution in [0, 0.1) is 12.8 Å². The van der Waals surface area contributed by atoms with E-state index in [4.69, 9.17) is 0 Å². The van der Waals surface area contributed by atoms with Crippen LogP contribution in [0.1, 0.15) is 69.5 Å². The van der Waals surface area contributed by atoms with E-state index in [-0.39, 0.29) is 0 Å². The van der Waals surface area contributed by atoms with Gasteiger partial charge in [-0.2, -0.15) is 0 Å². The number of aromatic nitrogens is 1. The summed E-state index contributed by atoms with van der Waals surface area (Å²) in [5.74, 6) is 0.864. The molecule has 98 valence electrons. The lowest BCUT2D eigenvalue weighted by atomic mass is 9.91. The third-order valence-corrected chi connectivity index (χ3v) is 4.17. The molecular formula is C15H27NS. The summed E-state index contributed by atoms with van der Waals surface area (Å²) in [5.41, 5.74) is 1.32. The monoisotopic (exact) mass is 253 g/mol. The van der Waals surface area contributed by atoms with Gasteiger partial charge in [0.25, 0.3) is 0 Å². The maximum atomic E-state index is 4.61. The molecule has 0 aliphatic carbocycles. The van der Waals surface area contributed by atoms with Crippen LogP contribution in [0.5, 0.6) is 0 Å². The van der Waals surface area contributed by atoms with Gasteiger partial charge in [-0.05, 0) is 19.3 Å². The van der Waals surface area contributed by atoms with Crippen LogP contribution in [-0.2, 0) is 6.42 Å².